The highest BCUT2D eigenvalue weighted by molar-refractivity contribution is 5.66. The topological polar surface area (TPSA) is 18.5 Å². The molecular weight excluding hydrogens is 449 g/mol. The van der Waals surface area contributed by atoms with Crippen molar-refractivity contribution in [3.05, 3.63) is 94.8 Å². The maximum absolute atomic E-state index is 14.8. The van der Waals surface area contributed by atoms with Gasteiger partial charge < -0.3 is 9.47 Å². The maximum Gasteiger partial charge on any atom is 0.167 e. The van der Waals surface area contributed by atoms with Gasteiger partial charge in [0.05, 0.1) is 19.3 Å². The summed E-state index contributed by atoms with van der Waals surface area (Å²) in [5, 5.41) is 0. The molecule has 0 radical (unpaired) electrons. The molecule has 5 heteroatoms. The molecule has 0 bridgehead atoms. The van der Waals surface area contributed by atoms with E-state index in [0.717, 1.165) is 36.8 Å². The van der Waals surface area contributed by atoms with E-state index in [1.165, 1.54) is 0 Å². The summed E-state index contributed by atoms with van der Waals surface area (Å²) in [6.45, 7) is 4.21. The van der Waals surface area contributed by atoms with Gasteiger partial charge in [-0.05, 0) is 74.3 Å². The van der Waals surface area contributed by atoms with Gasteiger partial charge in [-0.1, -0.05) is 54.6 Å². The molecule has 1 aliphatic carbocycles. The number of halogens is 3. The summed E-state index contributed by atoms with van der Waals surface area (Å²) in [4.78, 5) is 0. The van der Waals surface area contributed by atoms with Crippen LogP contribution in [0.15, 0.2) is 60.7 Å². The second kappa shape index (κ2) is 11.6. The first kappa shape index (κ1) is 25.1. The summed E-state index contributed by atoms with van der Waals surface area (Å²) in [7, 11) is 0. The van der Waals surface area contributed by atoms with Crippen LogP contribution < -0.4 is 4.74 Å². The Morgan fingerprint density at radius 2 is 1.63 bits per heavy atom. The Labute approximate surface area is 205 Å². The molecule has 3 aromatic carbocycles. The molecule has 3 aromatic rings. The Kier molecular flexibility index (Phi) is 8.29. The lowest BCUT2D eigenvalue weighted by atomic mass is 9.82. The van der Waals surface area contributed by atoms with E-state index in [1.807, 2.05) is 44.2 Å². The van der Waals surface area contributed by atoms with Crippen LogP contribution in [0.3, 0.4) is 0 Å². The van der Waals surface area contributed by atoms with Gasteiger partial charge in [0.25, 0.3) is 0 Å². The fraction of sp³-hybridized carbons (Fsp3) is 0.333. The molecule has 0 atom stereocenters. The molecule has 0 saturated heterocycles. The van der Waals surface area contributed by atoms with E-state index in [-0.39, 0.29) is 41.3 Å². The largest absolute Gasteiger partial charge is 0.491 e. The van der Waals surface area contributed by atoms with E-state index in [4.69, 9.17) is 9.47 Å². The zero-order valence-electron chi connectivity index (χ0n) is 20.2. The van der Waals surface area contributed by atoms with Crippen molar-refractivity contribution in [1.29, 1.82) is 0 Å². The van der Waals surface area contributed by atoms with Crippen LogP contribution in [0, 0.1) is 17.5 Å². The first-order valence-electron chi connectivity index (χ1n) is 12.2. The number of rotatable bonds is 8. The third-order valence-corrected chi connectivity index (χ3v) is 6.62. The molecule has 1 aliphatic rings. The van der Waals surface area contributed by atoms with Crippen LogP contribution in [0.5, 0.6) is 5.75 Å². The van der Waals surface area contributed by atoms with E-state index in [0.29, 0.717) is 12.2 Å². The Bertz CT molecular complexity index is 1160. The normalized spacial score (nSPS) is 18.2. The second-order valence-electron chi connectivity index (χ2n) is 8.93. The summed E-state index contributed by atoms with van der Waals surface area (Å²) >= 11 is 0. The standard InChI is InChI=1S/C30H31F3O2/c1-3-5-20-6-8-22(9-7-20)26-16-12-24(29(32)30(26)33)19-35-25-14-10-21(11-15-25)23-13-17-28(34-4-2)27(31)18-23/h3,5-9,12-13,16-18,21,25H,4,10-11,14-15,19H2,1-2H3. The van der Waals surface area contributed by atoms with Crippen LogP contribution in [0.2, 0.25) is 0 Å². The molecule has 0 aliphatic heterocycles. The summed E-state index contributed by atoms with van der Waals surface area (Å²) in [5.41, 5.74) is 3.05. The van der Waals surface area contributed by atoms with Crippen molar-refractivity contribution >= 4 is 6.08 Å². The van der Waals surface area contributed by atoms with Crippen molar-refractivity contribution in [3.63, 3.8) is 0 Å². The summed E-state index contributed by atoms with van der Waals surface area (Å²) in [6.07, 6.45) is 7.15. The Morgan fingerprint density at radius 3 is 2.29 bits per heavy atom. The van der Waals surface area contributed by atoms with Crippen LogP contribution >= 0.6 is 0 Å². The third-order valence-electron chi connectivity index (χ3n) is 6.62. The number of ether oxygens (including phenoxy) is 2. The van der Waals surface area contributed by atoms with E-state index < -0.39 is 11.6 Å². The fourth-order valence-corrected chi connectivity index (χ4v) is 4.70. The summed E-state index contributed by atoms with van der Waals surface area (Å²) in [5.74, 6) is -1.52. The molecule has 0 heterocycles. The lowest BCUT2D eigenvalue weighted by Crippen LogP contribution is -2.21. The number of allylic oxidation sites excluding steroid dienone is 1. The van der Waals surface area contributed by atoms with E-state index in [1.54, 1.807) is 36.4 Å². The molecule has 184 valence electrons. The highest BCUT2D eigenvalue weighted by Crippen LogP contribution is 2.36. The molecular formula is C30H31F3O2. The van der Waals surface area contributed by atoms with Crippen LogP contribution in [0.25, 0.3) is 17.2 Å². The lowest BCUT2D eigenvalue weighted by molar-refractivity contribution is 0.0119. The third kappa shape index (κ3) is 5.96. The van der Waals surface area contributed by atoms with Crippen LogP contribution in [-0.2, 0) is 11.3 Å². The molecule has 0 unspecified atom stereocenters. The molecule has 0 amide bonds. The van der Waals surface area contributed by atoms with E-state index in [2.05, 4.69) is 0 Å². The maximum atomic E-state index is 14.8. The number of hydrogen-bond acceptors (Lipinski definition) is 2. The SMILES string of the molecule is CC=Cc1ccc(-c2ccc(COC3CCC(c4ccc(OCC)c(F)c4)CC3)c(F)c2F)cc1. The summed E-state index contributed by atoms with van der Waals surface area (Å²) in [6, 6.07) is 15.7. The Morgan fingerprint density at radius 1 is 0.886 bits per heavy atom. The average Bonchev–Trinajstić information content (AvgIpc) is 2.87. The van der Waals surface area contributed by atoms with Crippen LogP contribution in [0.4, 0.5) is 13.2 Å². The van der Waals surface area contributed by atoms with Crippen molar-refractivity contribution in [1.82, 2.24) is 0 Å². The zero-order chi connectivity index (χ0) is 24.8. The molecule has 4 rings (SSSR count). The Hall–Kier alpha value is -3.05. The average molecular weight is 481 g/mol. The minimum Gasteiger partial charge on any atom is -0.491 e. The molecule has 1 fully saturated rings. The predicted octanol–water partition coefficient (Wildman–Crippen LogP) is 8.45. The predicted molar refractivity (Wildman–Crippen MR) is 134 cm³/mol. The smallest absolute Gasteiger partial charge is 0.167 e. The zero-order valence-corrected chi connectivity index (χ0v) is 20.2. The number of hydrogen-bond donors (Lipinski definition) is 0. The van der Waals surface area contributed by atoms with E-state index in [9.17, 15) is 13.2 Å². The van der Waals surface area contributed by atoms with Gasteiger partial charge in [-0.2, -0.15) is 0 Å². The molecule has 0 N–H and O–H groups in total. The lowest BCUT2D eigenvalue weighted by Gasteiger charge is -2.29. The Balaban J connectivity index is 1.34. The highest BCUT2D eigenvalue weighted by Gasteiger charge is 2.24. The van der Waals surface area contributed by atoms with Crippen molar-refractivity contribution in [2.24, 2.45) is 0 Å². The first-order valence-corrected chi connectivity index (χ1v) is 12.2. The van der Waals surface area contributed by atoms with Gasteiger partial charge >= 0.3 is 0 Å². The highest BCUT2D eigenvalue weighted by atomic mass is 19.2. The second-order valence-corrected chi connectivity index (χ2v) is 8.93. The van der Waals surface area contributed by atoms with Crippen molar-refractivity contribution in [3.8, 4) is 16.9 Å². The van der Waals surface area contributed by atoms with Gasteiger partial charge in [-0.3, -0.25) is 0 Å². The molecule has 35 heavy (non-hydrogen) atoms. The quantitative estimate of drug-likeness (QED) is 0.322. The molecule has 0 spiro atoms. The van der Waals surface area contributed by atoms with Gasteiger partial charge in [0.15, 0.2) is 23.2 Å². The van der Waals surface area contributed by atoms with Gasteiger partial charge in [0, 0.05) is 11.1 Å². The number of benzene rings is 3. The van der Waals surface area contributed by atoms with Crippen molar-refractivity contribution in [2.45, 2.75) is 58.2 Å². The van der Waals surface area contributed by atoms with Crippen LogP contribution in [-0.4, -0.2) is 12.7 Å². The van der Waals surface area contributed by atoms with Gasteiger partial charge in [0.1, 0.15) is 0 Å². The van der Waals surface area contributed by atoms with E-state index >= 15 is 0 Å². The van der Waals surface area contributed by atoms with Gasteiger partial charge in [0.2, 0.25) is 0 Å². The summed E-state index contributed by atoms with van der Waals surface area (Å²) < 4.78 is 55.1. The van der Waals surface area contributed by atoms with Crippen molar-refractivity contribution < 1.29 is 22.6 Å². The molecule has 1 saturated carbocycles. The minimum absolute atomic E-state index is 0.0241. The fourth-order valence-electron chi connectivity index (χ4n) is 4.70. The first-order chi connectivity index (χ1) is 17.0. The minimum atomic E-state index is -0.862. The van der Waals surface area contributed by atoms with Crippen molar-refractivity contribution in [2.75, 3.05) is 6.61 Å². The van der Waals surface area contributed by atoms with Crippen LogP contribution in [0.1, 0.15) is 62.1 Å². The molecule has 2 nitrogen and oxygen atoms in total. The van der Waals surface area contributed by atoms with Gasteiger partial charge in [-0.15, -0.1) is 0 Å². The van der Waals surface area contributed by atoms with Gasteiger partial charge in [-0.25, -0.2) is 13.2 Å². The molecule has 0 aromatic heterocycles. The monoisotopic (exact) mass is 480 g/mol.